The molecule has 0 amide bonds. The quantitative estimate of drug-likeness (QED) is 0.779. The molecule has 0 radical (unpaired) electrons. The third kappa shape index (κ3) is 3.34. The van der Waals surface area contributed by atoms with Crippen LogP contribution in [0.4, 0.5) is 0 Å². The molecular weight excluding hydrogens is 186 g/mol. The molecule has 15 heavy (non-hydrogen) atoms. The third-order valence-corrected chi connectivity index (χ3v) is 2.95. The molecule has 1 unspecified atom stereocenters. The standard InChI is InChI=1S/C12H23N3/c1-5-10(3)9-15-11(4)12(8-14-15)7-13-6-2/h8,10,13H,5-7,9H2,1-4H3. The molecule has 0 aliphatic heterocycles. The van der Waals surface area contributed by atoms with Gasteiger partial charge in [0.25, 0.3) is 0 Å². The highest BCUT2D eigenvalue weighted by Gasteiger charge is 2.07. The molecular formula is C12H23N3. The Bertz CT molecular complexity index is 291. The van der Waals surface area contributed by atoms with E-state index in [-0.39, 0.29) is 0 Å². The zero-order chi connectivity index (χ0) is 11.3. The van der Waals surface area contributed by atoms with Crippen molar-refractivity contribution in [3.8, 4) is 0 Å². The first-order valence-electron chi connectivity index (χ1n) is 5.91. The van der Waals surface area contributed by atoms with Crippen LogP contribution >= 0.6 is 0 Å². The first kappa shape index (κ1) is 12.2. The van der Waals surface area contributed by atoms with E-state index >= 15 is 0 Å². The predicted octanol–water partition coefficient (Wildman–Crippen LogP) is 2.35. The van der Waals surface area contributed by atoms with Crippen molar-refractivity contribution in [2.45, 2.75) is 47.2 Å². The van der Waals surface area contributed by atoms with E-state index < -0.39 is 0 Å². The van der Waals surface area contributed by atoms with Gasteiger partial charge in [0.15, 0.2) is 0 Å². The van der Waals surface area contributed by atoms with Crippen LogP contribution in [0, 0.1) is 12.8 Å². The van der Waals surface area contributed by atoms with Crippen molar-refractivity contribution in [1.82, 2.24) is 15.1 Å². The van der Waals surface area contributed by atoms with E-state index in [1.54, 1.807) is 0 Å². The van der Waals surface area contributed by atoms with Crippen molar-refractivity contribution in [3.05, 3.63) is 17.5 Å². The summed E-state index contributed by atoms with van der Waals surface area (Å²) in [4.78, 5) is 0. The van der Waals surface area contributed by atoms with Gasteiger partial charge in [-0.15, -0.1) is 0 Å². The lowest BCUT2D eigenvalue weighted by atomic mass is 10.1. The number of hydrogen-bond acceptors (Lipinski definition) is 2. The first-order valence-corrected chi connectivity index (χ1v) is 5.91. The van der Waals surface area contributed by atoms with Crippen molar-refractivity contribution in [3.63, 3.8) is 0 Å². The molecule has 0 fully saturated rings. The summed E-state index contributed by atoms with van der Waals surface area (Å²) in [6.45, 7) is 11.8. The highest BCUT2D eigenvalue weighted by atomic mass is 15.3. The van der Waals surface area contributed by atoms with Gasteiger partial charge in [-0.05, 0) is 19.4 Å². The molecule has 86 valence electrons. The number of aromatic nitrogens is 2. The van der Waals surface area contributed by atoms with Crippen molar-refractivity contribution < 1.29 is 0 Å². The Labute approximate surface area is 92.9 Å². The van der Waals surface area contributed by atoms with Gasteiger partial charge in [-0.1, -0.05) is 27.2 Å². The largest absolute Gasteiger partial charge is 0.313 e. The zero-order valence-corrected chi connectivity index (χ0v) is 10.4. The summed E-state index contributed by atoms with van der Waals surface area (Å²) in [7, 11) is 0. The van der Waals surface area contributed by atoms with Gasteiger partial charge < -0.3 is 5.32 Å². The van der Waals surface area contributed by atoms with E-state index in [9.17, 15) is 0 Å². The van der Waals surface area contributed by atoms with Crippen molar-refractivity contribution >= 4 is 0 Å². The van der Waals surface area contributed by atoms with Crippen LogP contribution in [0.15, 0.2) is 6.20 Å². The maximum atomic E-state index is 4.43. The fourth-order valence-corrected chi connectivity index (χ4v) is 1.53. The molecule has 1 rings (SSSR count). The second kappa shape index (κ2) is 5.91. The maximum Gasteiger partial charge on any atom is 0.0537 e. The highest BCUT2D eigenvalue weighted by molar-refractivity contribution is 5.15. The summed E-state index contributed by atoms with van der Waals surface area (Å²) in [5.74, 6) is 0.704. The smallest absolute Gasteiger partial charge is 0.0537 e. The molecule has 0 saturated heterocycles. The Balaban J connectivity index is 2.62. The minimum Gasteiger partial charge on any atom is -0.313 e. The molecule has 0 saturated carbocycles. The molecule has 1 N–H and O–H groups in total. The molecule has 0 bridgehead atoms. The first-order chi connectivity index (χ1) is 7.19. The summed E-state index contributed by atoms with van der Waals surface area (Å²) >= 11 is 0. The molecule has 0 aliphatic rings. The zero-order valence-electron chi connectivity index (χ0n) is 10.4. The SMILES string of the molecule is CCNCc1cnn(CC(C)CC)c1C. The molecule has 3 heteroatoms. The lowest BCUT2D eigenvalue weighted by Crippen LogP contribution is -2.13. The summed E-state index contributed by atoms with van der Waals surface area (Å²) < 4.78 is 2.13. The minimum absolute atomic E-state index is 0.704. The molecule has 0 aliphatic carbocycles. The minimum atomic E-state index is 0.704. The normalized spacial score (nSPS) is 13.1. The van der Waals surface area contributed by atoms with Gasteiger partial charge in [-0.3, -0.25) is 4.68 Å². The lowest BCUT2D eigenvalue weighted by Gasteiger charge is -2.10. The van der Waals surface area contributed by atoms with Gasteiger partial charge in [-0.2, -0.15) is 5.10 Å². The molecule has 1 heterocycles. The molecule has 0 spiro atoms. The number of nitrogens with zero attached hydrogens (tertiary/aromatic N) is 2. The summed E-state index contributed by atoms with van der Waals surface area (Å²) in [5.41, 5.74) is 2.62. The van der Waals surface area contributed by atoms with Crippen LogP contribution in [-0.2, 0) is 13.1 Å². The second-order valence-corrected chi connectivity index (χ2v) is 4.23. The van der Waals surface area contributed by atoms with Crippen LogP contribution in [0.5, 0.6) is 0 Å². The van der Waals surface area contributed by atoms with Gasteiger partial charge in [0, 0.05) is 24.3 Å². The van der Waals surface area contributed by atoms with Crippen LogP contribution in [0.1, 0.15) is 38.4 Å². The second-order valence-electron chi connectivity index (χ2n) is 4.23. The van der Waals surface area contributed by atoms with E-state index in [0.717, 1.165) is 19.6 Å². The van der Waals surface area contributed by atoms with Crippen molar-refractivity contribution in [2.24, 2.45) is 5.92 Å². The Hall–Kier alpha value is -0.830. The lowest BCUT2D eigenvalue weighted by molar-refractivity contribution is 0.432. The summed E-state index contributed by atoms with van der Waals surface area (Å²) in [5, 5.41) is 7.77. The summed E-state index contributed by atoms with van der Waals surface area (Å²) in [6, 6.07) is 0. The van der Waals surface area contributed by atoms with Gasteiger partial charge in [0.05, 0.1) is 6.20 Å². The fourth-order valence-electron chi connectivity index (χ4n) is 1.53. The molecule has 0 aromatic carbocycles. The van der Waals surface area contributed by atoms with Crippen LogP contribution in [0.25, 0.3) is 0 Å². The number of nitrogens with one attached hydrogen (secondary N) is 1. The van der Waals surface area contributed by atoms with Crippen LogP contribution in [0.3, 0.4) is 0 Å². The molecule has 1 aromatic heterocycles. The van der Waals surface area contributed by atoms with Gasteiger partial charge in [0.1, 0.15) is 0 Å². The predicted molar refractivity (Wildman–Crippen MR) is 63.8 cm³/mol. The van der Waals surface area contributed by atoms with Gasteiger partial charge in [-0.25, -0.2) is 0 Å². The number of hydrogen-bond donors (Lipinski definition) is 1. The van der Waals surface area contributed by atoms with Crippen LogP contribution in [-0.4, -0.2) is 16.3 Å². The monoisotopic (exact) mass is 209 g/mol. The van der Waals surface area contributed by atoms with Gasteiger partial charge in [0.2, 0.25) is 0 Å². The Morgan fingerprint density at radius 2 is 2.20 bits per heavy atom. The van der Waals surface area contributed by atoms with Crippen LogP contribution < -0.4 is 5.32 Å². The highest BCUT2D eigenvalue weighted by Crippen LogP contribution is 2.11. The Morgan fingerprint density at radius 1 is 1.47 bits per heavy atom. The molecule has 1 atom stereocenters. The van der Waals surface area contributed by atoms with Crippen molar-refractivity contribution in [2.75, 3.05) is 6.54 Å². The molecule has 1 aromatic rings. The van der Waals surface area contributed by atoms with E-state index in [4.69, 9.17) is 0 Å². The Morgan fingerprint density at radius 3 is 2.80 bits per heavy atom. The average Bonchev–Trinajstić information content (AvgIpc) is 2.57. The van der Waals surface area contributed by atoms with Crippen LogP contribution in [0.2, 0.25) is 0 Å². The van der Waals surface area contributed by atoms with E-state index in [1.165, 1.54) is 17.7 Å². The maximum absolute atomic E-state index is 4.43. The number of rotatable bonds is 6. The molecule has 3 nitrogen and oxygen atoms in total. The van der Waals surface area contributed by atoms with E-state index in [2.05, 4.69) is 42.8 Å². The van der Waals surface area contributed by atoms with Crippen molar-refractivity contribution in [1.29, 1.82) is 0 Å². The van der Waals surface area contributed by atoms with Gasteiger partial charge >= 0.3 is 0 Å². The Kier molecular flexibility index (Phi) is 4.82. The van der Waals surface area contributed by atoms with E-state index in [1.807, 2.05) is 6.20 Å². The summed E-state index contributed by atoms with van der Waals surface area (Å²) in [6.07, 6.45) is 3.20. The topological polar surface area (TPSA) is 29.9 Å². The third-order valence-electron chi connectivity index (χ3n) is 2.95. The fraction of sp³-hybridized carbons (Fsp3) is 0.750. The van der Waals surface area contributed by atoms with E-state index in [0.29, 0.717) is 5.92 Å². The average molecular weight is 209 g/mol.